The van der Waals surface area contributed by atoms with Gasteiger partial charge in [0.2, 0.25) is 0 Å². The van der Waals surface area contributed by atoms with Crippen molar-refractivity contribution in [1.82, 2.24) is 5.32 Å². The molecule has 108 valence electrons. The largest absolute Gasteiger partial charge is 0.478 e. The molecule has 3 N–H and O–H groups in total. The zero-order valence-electron chi connectivity index (χ0n) is 10.9. The molecule has 2 rings (SSSR count). The average molecular weight is 299 g/mol. The summed E-state index contributed by atoms with van der Waals surface area (Å²) in [6.45, 7) is 2.98. The number of hydrogen-bond acceptors (Lipinski definition) is 3. The van der Waals surface area contributed by atoms with Crippen LogP contribution in [0.2, 0.25) is 5.02 Å². The van der Waals surface area contributed by atoms with E-state index >= 15 is 0 Å². The van der Waals surface area contributed by atoms with E-state index in [-0.39, 0.29) is 10.6 Å². The predicted molar refractivity (Wildman–Crippen MR) is 74.4 cm³/mol. The standard InChI is InChI=1S/C13H15ClN2O4/c1-13(4-5-20-7-13)16-12(19)15-10-3-2-8(11(17)18)6-9(10)14/h2-3,6H,4-5,7H2,1H3,(H,17,18)(H2,15,16,19). The molecule has 1 heterocycles. The molecule has 1 fully saturated rings. The van der Waals surface area contributed by atoms with Gasteiger partial charge in [-0.15, -0.1) is 0 Å². The molecule has 0 bridgehead atoms. The second-order valence-electron chi connectivity index (χ2n) is 4.94. The van der Waals surface area contributed by atoms with Gasteiger partial charge in [0.05, 0.1) is 28.4 Å². The van der Waals surface area contributed by atoms with Crippen LogP contribution in [0.5, 0.6) is 0 Å². The van der Waals surface area contributed by atoms with Crippen molar-refractivity contribution < 1.29 is 19.4 Å². The molecule has 1 atom stereocenters. The van der Waals surface area contributed by atoms with E-state index in [0.29, 0.717) is 18.9 Å². The van der Waals surface area contributed by atoms with E-state index in [4.69, 9.17) is 21.4 Å². The molecule has 20 heavy (non-hydrogen) atoms. The average Bonchev–Trinajstić information content (AvgIpc) is 2.77. The molecule has 0 saturated carbocycles. The van der Waals surface area contributed by atoms with Crippen LogP contribution >= 0.6 is 11.6 Å². The van der Waals surface area contributed by atoms with Crippen molar-refractivity contribution in [2.24, 2.45) is 0 Å². The molecule has 1 unspecified atom stereocenters. The molecule has 2 amide bonds. The van der Waals surface area contributed by atoms with Crippen LogP contribution in [0.3, 0.4) is 0 Å². The summed E-state index contributed by atoms with van der Waals surface area (Å²) in [6.07, 6.45) is 0.742. The van der Waals surface area contributed by atoms with Gasteiger partial charge < -0.3 is 20.5 Å². The van der Waals surface area contributed by atoms with Crippen LogP contribution in [-0.4, -0.2) is 35.9 Å². The first-order valence-corrected chi connectivity index (χ1v) is 6.47. The van der Waals surface area contributed by atoms with Crippen molar-refractivity contribution >= 4 is 29.3 Å². The number of carboxylic acid groups (broad SMARTS) is 1. The highest BCUT2D eigenvalue weighted by molar-refractivity contribution is 6.34. The lowest BCUT2D eigenvalue weighted by Crippen LogP contribution is -2.48. The third-order valence-corrected chi connectivity index (χ3v) is 3.41. The number of amides is 2. The zero-order chi connectivity index (χ0) is 14.8. The lowest BCUT2D eigenvalue weighted by atomic mass is 10.0. The van der Waals surface area contributed by atoms with E-state index in [1.54, 1.807) is 0 Å². The zero-order valence-corrected chi connectivity index (χ0v) is 11.7. The van der Waals surface area contributed by atoms with Crippen molar-refractivity contribution in [2.75, 3.05) is 18.5 Å². The Labute approximate surface area is 121 Å². The fraction of sp³-hybridized carbons (Fsp3) is 0.385. The smallest absolute Gasteiger partial charge is 0.335 e. The molecule has 7 heteroatoms. The SMILES string of the molecule is CC1(NC(=O)Nc2ccc(C(=O)O)cc2Cl)CCOC1. The van der Waals surface area contributed by atoms with E-state index in [9.17, 15) is 9.59 Å². The number of anilines is 1. The Morgan fingerprint density at radius 2 is 2.20 bits per heavy atom. The Kier molecular flexibility index (Phi) is 4.15. The first-order chi connectivity index (χ1) is 9.39. The topological polar surface area (TPSA) is 87.7 Å². The van der Waals surface area contributed by atoms with E-state index in [1.165, 1.54) is 18.2 Å². The minimum Gasteiger partial charge on any atom is -0.478 e. The van der Waals surface area contributed by atoms with Gasteiger partial charge in [-0.2, -0.15) is 0 Å². The molecular formula is C13H15ClN2O4. The van der Waals surface area contributed by atoms with Crippen molar-refractivity contribution in [3.05, 3.63) is 28.8 Å². The number of hydrogen-bond donors (Lipinski definition) is 3. The fourth-order valence-corrected chi connectivity index (χ4v) is 2.17. The van der Waals surface area contributed by atoms with Gasteiger partial charge in [-0.3, -0.25) is 0 Å². The van der Waals surface area contributed by atoms with Crippen LogP contribution in [-0.2, 0) is 4.74 Å². The maximum Gasteiger partial charge on any atom is 0.335 e. The molecular weight excluding hydrogens is 284 g/mol. The summed E-state index contributed by atoms with van der Waals surface area (Å²) < 4.78 is 5.24. The monoisotopic (exact) mass is 298 g/mol. The van der Waals surface area contributed by atoms with Gasteiger partial charge in [0, 0.05) is 6.61 Å². The molecule has 1 aliphatic rings. The number of aromatic carboxylic acids is 1. The van der Waals surface area contributed by atoms with E-state index < -0.39 is 17.5 Å². The number of carboxylic acids is 1. The highest BCUT2D eigenvalue weighted by Gasteiger charge is 2.31. The van der Waals surface area contributed by atoms with Gasteiger partial charge in [-0.1, -0.05) is 11.6 Å². The summed E-state index contributed by atoms with van der Waals surface area (Å²) in [4.78, 5) is 22.7. The highest BCUT2D eigenvalue weighted by Crippen LogP contribution is 2.24. The number of nitrogens with one attached hydrogen (secondary N) is 2. The van der Waals surface area contributed by atoms with Crippen LogP contribution in [0.1, 0.15) is 23.7 Å². The molecule has 1 aromatic carbocycles. The first-order valence-electron chi connectivity index (χ1n) is 6.09. The van der Waals surface area contributed by atoms with Gasteiger partial charge in [-0.25, -0.2) is 9.59 Å². The molecule has 0 aliphatic carbocycles. The van der Waals surface area contributed by atoms with Crippen molar-refractivity contribution in [2.45, 2.75) is 18.9 Å². The lowest BCUT2D eigenvalue weighted by Gasteiger charge is -2.23. The second kappa shape index (κ2) is 5.68. The van der Waals surface area contributed by atoms with Gasteiger partial charge >= 0.3 is 12.0 Å². The highest BCUT2D eigenvalue weighted by atomic mass is 35.5. The Morgan fingerprint density at radius 1 is 1.45 bits per heavy atom. The van der Waals surface area contributed by atoms with Gasteiger partial charge in [0.1, 0.15) is 0 Å². The Bertz CT molecular complexity index is 541. The first kappa shape index (κ1) is 14.6. The fourth-order valence-electron chi connectivity index (χ4n) is 1.94. The minimum atomic E-state index is -1.07. The molecule has 1 aliphatic heterocycles. The lowest BCUT2D eigenvalue weighted by molar-refractivity contribution is 0.0697. The van der Waals surface area contributed by atoms with E-state index in [2.05, 4.69) is 10.6 Å². The van der Waals surface area contributed by atoms with Crippen molar-refractivity contribution in [3.8, 4) is 0 Å². The minimum absolute atomic E-state index is 0.0668. The summed E-state index contributed by atoms with van der Waals surface area (Å²) >= 11 is 5.94. The molecule has 0 radical (unpaired) electrons. The van der Waals surface area contributed by atoms with Gasteiger partial charge in [0.25, 0.3) is 0 Å². The third kappa shape index (κ3) is 3.40. The number of ether oxygens (including phenoxy) is 1. The Morgan fingerprint density at radius 3 is 2.75 bits per heavy atom. The summed E-state index contributed by atoms with van der Waals surface area (Å²) in [5.41, 5.74) is 0.0335. The Balaban J connectivity index is 2.02. The maximum atomic E-state index is 11.9. The number of rotatable bonds is 3. The quantitative estimate of drug-likeness (QED) is 0.799. The van der Waals surface area contributed by atoms with Crippen LogP contribution < -0.4 is 10.6 Å². The van der Waals surface area contributed by atoms with Gasteiger partial charge in [-0.05, 0) is 31.5 Å². The summed E-state index contributed by atoms with van der Waals surface area (Å²) in [7, 11) is 0. The molecule has 0 aromatic heterocycles. The van der Waals surface area contributed by atoms with Crippen molar-refractivity contribution in [3.63, 3.8) is 0 Å². The van der Waals surface area contributed by atoms with Crippen LogP contribution in [0.15, 0.2) is 18.2 Å². The second-order valence-corrected chi connectivity index (χ2v) is 5.35. The molecule has 6 nitrogen and oxygen atoms in total. The Hall–Kier alpha value is -1.79. The molecule has 1 saturated heterocycles. The number of carbonyl (C=O) groups is 2. The molecule has 1 aromatic rings. The van der Waals surface area contributed by atoms with Crippen molar-refractivity contribution in [1.29, 1.82) is 0 Å². The normalized spacial score (nSPS) is 21.5. The number of carbonyl (C=O) groups excluding carboxylic acids is 1. The number of benzene rings is 1. The van der Waals surface area contributed by atoms with E-state index in [0.717, 1.165) is 6.42 Å². The maximum absolute atomic E-state index is 11.9. The number of urea groups is 1. The van der Waals surface area contributed by atoms with Gasteiger partial charge in [0.15, 0.2) is 0 Å². The summed E-state index contributed by atoms with van der Waals surface area (Å²) in [5.74, 6) is -1.07. The third-order valence-electron chi connectivity index (χ3n) is 3.10. The van der Waals surface area contributed by atoms with E-state index in [1.807, 2.05) is 6.92 Å². The number of halogens is 1. The van der Waals surface area contributed by atoms with Crippen LogP contribution in [0.4, 0.5) is 10.5 Å². The summed E-state index contributed by atoms with van der Waals surface area (Å²) in [5, 5.41) is 14.4. The van der Waals surface area contributed by atoms with Crippen LogP contribution in [0, 0.1) is 0 Å². The summed E-state index contributed by atoms with van der Waals surface area (Å²) in [6, 6.07) is 3.73. The predicted octanol–water partition coefficient (Wildman–Crippen LogP) is 2.34. The molecule has 0 spiro atoms. The van der Waals surface area contributed by atoms with Crippen LogP contribution in [0.25, 0.3) is 0 Å².